The van der Waals surface area contributed by atoms with Crippen LogP contribution in [0.5, 0.6) is 0 Å². The molecule has 5 heteroatoms. The van der Waals surface area contributed by atoms with E-state index in [9.17, 15) is 9.59 Å². The summed E-state index contributed by atoms with van der Waals surface area (Å²) in [4.78, 5) is 23.2. The maximum absolute atomic E-state index is 11.9. The Hall–Kier alpha value is -2.66. The molecular weight excluding hydrogens is 302 g/mol. The Bertz CT molecular complexity index is 654. The molecule has 2 amide bonds. The number of rotatable bonds is 8. The van der Waals surface area contributed by atoms with Crippen LogP contribution in [0.1, 0.15) is 18.9 Å². The van der Waals surface area contributed by atoms with Gasteiger partial charge in [0.05, 0.1) is 6.54 Å². The Morgan fingerprint density at radius 2 is 1.42 bits per heavy atom. The SMILES string of the molecule is CCC(=O)Nc1ccc(NC(=O)CNCCc2ccccc2)cc1. The van der Waals surface area contributed by atoms with Gasteiger partial charge in [-0.05, 0) is 42.8 Å². The van der Waals surface area contributed by atoms with Crippen molar-refractivity contribution in [2.45, 2.75) is 19.8 Å². The van der Waals surface area contributed by atoms with Crippen LogP contribution < -0.4 is 16.0 Å². The summed E-state index contributed by atoms with van der Waals surface area (Å²) >= 11 is 0. The summed E-state index contributed by atoms with van der Waals surface area (Å²) < 4.78 is 0. The molecule has 0 aromatic heterocycles. The van der Waals surface area contributed by atoms with Gasteiger partial charge in [-0.1, -0.05) is 37.3 Å². The number of hydrogen-bond donors (Lipinski definition) is 3. The minimum atomic E-state index is -0.0894. The van der Waals surface area contributed by atoms with Crippen molar-refractivity contribution < 1.29 is 9.59 Å². The van der Waals surface area contributed by atoms with Crippen molar-refractivity contribution in [3.63, 3.8) is 0 Å². The third-order valence-electron chi connectivity index (χ3n) is 3.49. The fraction of sp³-hybridized carbons (Fsp3) is 0.263. The van der Waals surface area contributed by atoms with E-state index in [0.717, 1.165) is 18.7 Å². The minimum Gasteiger partial charge on any atom is -0.326 e. The molecule has 5 nitrogen and oxygen atoms in total. The lowest BCUT2D eigenvalue weighted by molar-refractivity contribution is -0.116. The second-order valence-corrected chi connectivity index (χ2v) is 5.44. The molecule has 0 saturated heterocycles. The summed E-state index contributed by atoms with van der Waals surface area (Å²) in [6.07, 6.45) is 1.33. The number of anilines is 2. The molecule has 2 aromatic rings. The third kappa shape index (κ3) is 6.22. The third-order valence-corrected chi connectivity index (χ3v) is 3.49. The van der Waals surface area contributed by atoms with Crippen molar-refractivity contribution in [2.24, 2.45) is 0 Å². The van der Waals surface area contributed by atoms with Crippen LogP contribution in [-0.2, 0) is 16.0 Å². The summed E-state index contributed by atoms with van der Waals surface area (Å²) in [7, 11) is 0. The molecule has 0 saturated carbocycles. The molecule has 0 heterocycles. The number of carbonyl (C=O) groups excluding carboxylic acids is 2. The summed E-state index contributed by atoms with van der Waals surface area (Å²) in [5.41, 5.74) is 2.68. The molecule has 0 aliphatic heterocycles. The predicted octanol–water partition coefficient (Wildman–Crippen LogP) is 2.81. The van der Waals surface area contributed by atoms with Crippen molar-refractivity contribution in [1.29, 1.82) is 0 Å². The molecule has 0 radical (unpaired) electrons. The zero-order valence-electron chi connectivity index (χ0n) is 13.8. The molecule has 24 heavy (non-hydrogen) atoms. The molecule has 0 atom stereocenters. The largest absolute Gasteiger partial charge is 0.326 e. The smallest absolute Gasteiger partial charge is 0.238 e. The predicted molar refractivity (Wildman–Crippen MR) is 97.0 cm³/mol. The molecule has 0 aliphatic rings. The van der Waals surface area contributed by atoms with Crippen molar-refractivity contribution in [3.8, 4) is 0 Å². The van der Waals surface area contributed by atoms with Gasteiger partial charge in [0.25, 0.3) is 0 Å². The maximum atomic E-state index is 11.9. The second-order valence-electron chi connectivity index (χ2n) is 5.44. The van der Waals surface area contributed by atoms with E-state index in [2.05, 4.69) is 28.1 Å². The van der Waals surface area contributed by atoms with E-state index in [1.54, 1.807) is 31.2 Å². The zero-order chi connectivity index (χ0) is 17.2. The van der Waals surface area contributed by atoms with Crippen LogP contribution in [0.15, 0.2) is 54.6 Å². The van der Waals surface area contributed by atoms with E-state index < -0.39 is 0 Å². The minimum absolute atomic E-state index is 0.0330. The van der Waals surface area contributed by atoms with Crippen molar-refractivity contribution in [3.05, 3.63) is 60.2 Å². The van der Waals surface area contributed by atoms with Crippen molar-refractivity contribution in [2.75, 3.05) is 23.7 Å². The Morgan fingerprint density at radius 3 is 2.00 bits per heavy atom. The first kappa shape index (κ1) is 17.7. The van der Waals surface area contributed by atoms with Gasteiger partial charge in [0, 0.05) is 17.8 Å². The summed E-state index contributed by atoms with van der Waals surface area (Å²) in [6.45, 7) is 2.81. The standard InChI is InChI=1S/C19H23N3O2/c1-2-18(23)21-16-8-10-17(11-9-16)22-19(24)14-20-13-12-15-6-4-3-5-7-15/h3-11,20H,2,12-14H2,1H3,(H,21,23)(H,22,24). The molecule has 0 aliphatic carbocycles. The number of hydrogen-bond acceptors (Lipinski definition) is 3. The lowest BCUT2D eigenvalue weighted by Crippen LogP contribution is -2.29. The molecule has 3 N–H and O–H groups in total. The number of amides is 2. The first-order valence-corrected chi connectivity index (χ1v) is 8.12. The van der Waals surface area contributed by atoms with Gasteiger partial charge in [-0.15, -0.1) is 0 Å². The number of carbonyl (C=O) groups is 2. The zero-order valence-corrected chi connectivity index (χ0v) is 13.8. The Balaban J connectivity index is 1.69. The summed E-state index contributed by atoms with van der Waals surface area (Å²) in [5, 5.41) is 8.72. The van der Waals surface area contributed by atoms with Crippen LogP contribution in [0.2, 0.25) is 0 Å². The van der Waals surface area contributed by atoms with Crippen LogP contribution in [-0.4, -0.2) is 24.9 Å². The highest BCUT2D eigenvalue weighted by atomic mass is 16.2. The topological polar surface area (TPSA) is 70.2 Å². The van der Waals surface area contributed by atoms with Gasteiger partial charge < -0.3 is 16.0 Å². The monoisotopic (exact) mass is 325 g/mol. The van der Waals surface area contributed by atoms with E-state index in [-0.39, 0.29) is 18.4 Å². The van der Waals surface area contributed by atoms with Crippen molar-refractivity contribution in [1.82, 2.24) is 5.32 Å². The molecule has 2 rings (SSSR count). The second kappa shape index (κ2) is 9.47. The van der Waals surface area contributed by atoms with Crippen LogP contribution in [0.3, 0.4) is 0 Å². The molecule has 2 aromatic carbocycles. The van der Waals surface area contributed by atoms with Crippen molar-refractivity contribution >= 4 is 23.2 Å². The maximum Gasteiger partial charge on any atom is 0.238 e. The van der Waals surface area contributed by atoms with Gasteiger partial charge in [-0.3, -0.25) is 9.59 Å². The van der Waals surface area contributed by atoms with Gasteiger partial charge in [-0.25, -0.2) is 0 Å². The van der Waals surface area contributed by atoms with Crippen LogP contribution >= 0.6 is 0 Å². The van der Waals surface area contributed by atoms with Gasteiger partial charge in [0.1, 0.15) is 0 Å². The Kier molecular flexibility index (Phi) is 6.98. The van der Waals surface area contributed by atoms with E-state index >= 15 is 0 Å². The van der Waals surface area contributed by atoms with E-state index in [1.165, 1.54) is 5.56 Å². The summed E-state index contributed by atoms with van der Waals surface area (Å²) in [5.74, 6) is -0.122. The van der Waals surface area contributed by atoms with Crippen LogP contribution in [0.4, 0.5) is 11.4 Å². The molecule has 0 spiro atoms. The lowest BCUT2D eigenvalue weighted by atomic mass is 10.1. The summed E-state index contributed by atoms with van der Waals surface area (Å²) in [6, 6.07) is 17.2. The van der Waals surface area contributed by atoms with E-state index in [0.29, 0.717) is 12.1 Å². The highest BCUT2D eigenvalue weighted by molar-refractivity contribution is 5.93. The molecule has 0 fully saturated rings. The fourth-order valence-corrected chi connectivity index (χ4v) is 2.17. The Labute approximate surface area is 142 Å². The van der Waals surface area contributed by atoms with Gasteiger partial charge in [0.2, 0.25) is 11.8 Å². The van der Waals surface area contributed by atoms with Crippen LogP contribution in [0.25, 0.3) is 0 Å². The number of benzene rings is 2. The number of nitrogens with one attached hydrogen (secondary N) is 3. The average molecular weight is 325 g/mol. The highest BCUT2D eigenvalue weighted by Gasteiger charge is 2.03. The van der Waals surface area contributed by atoms with Gasteiger partial charge in [0.15, 0.2) is 0 Å². The molecule has 0 unspecified atom stereocenters. The highest BCUT2D eigenvalue weighted by Crippen LogP contribution is 2.13. The van der Waals surface area contributed by atoms with E-state index in [1.807, 2.05) is 18.2 Å². The Morgan fingerprint density at radius 1 is 0.833 bits per heavy atom. The van der Waals surface area contributed by atoms with Gasteiger partial charge in [-0.2, -0.15) is 0 Å². The first-order chi connectivity index (χ1) is 11.7. The van der Waals surface area contributed by atoms with E-state index in [4.69, 9.17) is 0 Å². The first-order valence-electron chi connectivity index (χ1n) is 8.12. The normalized spacial score (nSPS) is 10.2. The van der Waals surface area contributed by atoms with Crippen LogP contribution in [0, 0.1) is 0 Å². The quantitative estimate of drug-likeness (QED) is 0.654. The lowest BCUT2D eigenvalue weighted by Gasteiger charge is -2.08. The van der Waals surface area contributed by atoms with Gasteiger partial charge >= 0.3 is 0 Å². The molecule has 0 bridgehead atoms. The molecular formula is C19H23N3O2. The molecule has 126 valence electrons. The fourth-order valence-electron chi connectivity index (χ4n) is 2.17. The average Bonchev–Trinajstić information content (AvgIpc) is 2.61.